The molecule has 1 aliphatic rings. The Kier molecular flexibility index (Phi) is 5.96. The fraction of sp³-hybridized carbons (Fsp3) is 0.400. The Morgan fingerprint density at radius 3 is 2.58 bits per heavy atom. The quantitative estimate of drug-likeness (QED) is 0.755. The van der Waals surface area contributed by atoms with Crippen LogP contribution >= 0.6 is 0 Å². The van der Waals surface area contributed by atoms with Gasteiger partial charge in [-0.05, 0) is 62.7 Å². The van der Waals surface area contributed by atoms with E-state index < -0.39 is 0 Å². The Labute approximate surface area is 143 Å². The van der Waals surface area contributed by atoms with Crippen LogP contribution in [0.2, 0.25) is 0 Å². The van der Waals surface area contributed by atoms with Crippen LogP contribution in [-0.2, 0) is 6.42 Å². The van der Waals surface area contributed by atoms with Gasteiger partial charge in [0.25, 0.3) is 0 Å². The number of benzene rings is 2. The van der Waals surface area contributed by atoms with Gasteiger partial charge >= 0.3 is 0 Å². The van der Waals surface area contributed by atoms with Crippen molar-refractivity contribution in [1.82, 2.24) is 5.32 Å². The summed E-state index contributed by atoms with van der Waals surface area (Å²) in [5.41, 5.74) is 2.52. The molecule has 1 aliphatic heterocycles. The van der Waals surface area contributed by atoms with Crippen LogP contribution in [0.15, 0.2) is 42.5 Å². The molecule has 0 aliphatic carbocycles. The average molecular weight is 327 g/mol. The lowest BCUT2D eigenvalue weighted by atomic mass is 10.1. The molecule has 1 N–H and O–H groups in total. The van der Waals surface area contributed by atoms with Gasteiger partial charge in [0.1, 0.15) is 19.0 Å². The van der Waals surface area contributed by atoms with E-state index in [1.54, 1.807) is 0 Å². The van der Waals surface area contributed by atoms with Gasteiger partial charge < -0.3 is 19.5 Å². The first-order valence-electron chi connectivity index (χ1n) is 8.60. The van der Waals surface area contributed by atoms with Crippen LogP contribution in [-0.4, -0.2) is 32.9 Å². The normalized spacial score (nSPS) is 12.9. The van der Waals surface area contributed by atoms with E-state index in [4.69, 9.17) is 14.2 Å². The molecule has 4 nitrogen and oxygen atoms in total. The van der Waals surface area contributed by atoms with Crippen molar-refractivity contribution in [2.45, 2.75) is 19.8 Å². The Hall–Kier alpha value is -2.20. The SMILES string of the molecule is Cc1ccc(OCCCNCCc2ccc3c(c2)OCCO3)cc1. The van der Waals surface area contributed by atoms with Crippen LogP contribution < -0.4 is 19.5 Å². The highest BCUT2D eigenvalue weighted by molar-refractivity contribution is 5.43. The first kappa shape index (κ1) is 16.7. The van der Waals surface area contributed by atoms with E-state index in [0.717, 1.165) is 49.8 Å². The lowest BCUT2D eigenvalue weighted by Crippen LogP contribution is -2.20. The number of aryl methyl sites for hydroxylation is 1. The third-order valence-corrected chi connectivity index (χ3v) is 3.98. The number of ether oxygens (including phenoxy) is 3. The molecule has 0 unspecified atom stereocenters. The molecule has 0 radical (unpaired) electrons. The number of hydrogen-bond acceptors (Lipinski definition) is 4. The fourth-order valence-electron chi connectivity index (χ4n) is 2.62. The Morgan fingerprint density at radius 1 is 0.958 bits per heavy atom. The summed E-state index contributed by atoms with van der Waals surface area (Å²) < 4.78 is 16.9. The van der Waals surface area contributed by atoms with Crippen molar-refractivity contribution in [3.8, 4) is 17.2 Å². The minimum atomic E-state index is 0.635. The summed E-state index contributed by atoms with van der Waals surface area (Å²) in [7, 11) is 0. The van der Waals surface area contributed by atoms with E-state index in [-0.39, 0.29) is 0 Å². The zero-order chi connectivity index (χ0) is 16.6. The van der Waals surface area contributed by atoms with Crippen LogP contribution in [0, 0.1) is 6.92 Å². The van der Waals surface area contributed by atoms with Gasteiger partial charge in [-0.2, -0.15) is 0 Å². The first-order chi connectivity index (χ1) is 11.8. The first-order valence-corrected chi connectivity index (χ1v) is 8.60. The summed E-state index contributed by atoms with van der Waals surface area (Å²) in [5, 5.41) is 3.46. The highest BCUT2D eigenvalue weighted by atomic mass is 16.6. The smallest absolute Gasteiger partial charge is 0.161 e. The van der Waals surface area contributed by atoms with Crippen molar-refractivity contribution in [3.05, 3.63) is 53.6 Å². The lowest BCUT2D eigenvalue weighted by Gasteiger charge is -2.18. The van der Waals surface area contributed by atoms with Crippen molar-refractivity contribution < 1.29 is 14.2 Å². The Balaban J connectivity index is 1.29. The predicted molar refractivity (Wildman–Crippen MR) is 95.3 cm³/mol. The number of nitrogens with one attached hydrogen (secondary N) is 1. The Bertz CT molecular complexity index is 640. The molecule has 128 valence electrons. The van der Waals surface area contributed by atoms with Crippen molar-refractivity contribution >= 4 is 0 Å². The molecule has 4 heteroatoms. The number of hydrogen-bond donors (Lipinski definition) is 1. The monoisotopic (exact) mass is 327 g/mol. The highest BCUT2D eigenvalue weighted by Crippen LogP contribution is 2.30. The molecule has 24 heavy (non-hydrogen) atoms. The fourth-order valence-corrected chi connectivity index (χ4v) is 2.62. The number of fused-ring (bicyclic) bond motifs is 1. The molecule has 0 saturated heterocycles. The molecule has 0 saturated carbocycles. The van der Waals surface area contributed by atoms with Crippen LogP contribution in [0.4, 0.5) is 0 Å². The molecule has 0 spiro atoms. The zero-order valence-electron chi connectivity index (χ0n) is 14.2. The second kappa shape index (κ2) is 8.60. The van der Waals surface area contributed by atoms with E-state index in [2.05, 4.69) is 36.5 Å². The summed E-state index contributed by atoms with van der Waals surface area (Å²) in [5.74, 6) is 2.66. The lowest BCUT2D eigenvalue weighted by molar-refractivity contribution is 0.171. The maximum absolute atomic E-state index is 5.72. The van der Waals surface area contributed by atoms with E-state index in [0.29, 0.717) is 13.2 Å². The van der Waals surface area contributed by atoms with Crippen LogP contribution in [0.25, 0.3) is 0 Å². The van der Waals surface area contributed by atoms with Crippen molar-refractivity contribution in [2.75, 3.05) is 32.9 Å². The second-order valence-corrected chi connectivity index (χ2v) is 5.99. The molecule has 0 atom stereocenters. The maximum Gasteiger partial charge on any atom is 0.161 e. The standard InChI is InChI=1S/C20H25NO3/c1-16-3-6-18(7-4-16)22-12-2-10-21-11-9-17-5-8-19-20(15-17)24-14-13-23-19/h3-8,15,21H,2,9-14H2,1H3. The van der Waals surface area contributed by atoms with Crippen LogP contribution in [0.1, 0.15) is 17.5 Å². The van der Waals surface area contributed by atoms with Crippen LogP contribution in [0.5, 0.6) is 17.2 Å². The van der Waals surface area contributed by atoms with Gasteiger partial charge in [-0.15, -0.1) is 0 Å². The number of rotatable bonds is 8. The van der Waals surface area contributed by atoms with Gasteiger partial charge in [0, 0.05) is 0 Å². The molecule has 0 aromatic heterocycles. The van der Waals surface area contributed by atoms with E-state index in [1.807, 2.05) is 18.2 Å². The summed E-state index contributed by atoms with van der Waals surface area (Å²) in [6.45, 7) is 5.99. The summed E-state index contributed by atoms with van der Waals surface area (Å²) in [4.78, 5) is 0. The van der Waals surface area contributed by atoms with Gasteiger partial charge in [-0.3, -0.25) is 0 Å². The third kappa shape index (κ3) is 4.90. The molecule has 1 heterocycles. The Morgan fingerprint density at radius 2 is 1.75 bits per heavy atom. The maximum atomic E-state index is 5.72. The highest BCUT2D eigenvalue weighted by Gasteiger charge is 2.11. The van der Waals surface area contributed by atoms with E-state index >= 15 is 0 Å². The molecule has 3 rings (SSSR count). The molecular weight excluding hydrogens is 302 g/mol. The van der Waals surface area contributed by atoms with Gasteiger partial charge in [-0.1, -0.05) is 23.8 Å². The summed E-state index contributed by atoms with van der Waals surface area (Å²) >= 11 is 0. The minimum absolute atomic E-state index is 0.635. The van der Waals surface area contributed by atoms with E-state index in [1.165, 1.54) is 11.1 Å². The summed E-state index contributed by atoms with van der Waals surface area (Å²) in [6, 6.07) is 14.4. The van der Waals surface area contributed by atoms with Gasteiger partial charge in [0.15, 0.2) is 11.5 Å². The van der Waals surface area contributed by atoms with E-state index in [9.17, 15) is 0 Å². The van der Waals surface area contributed by atoms with Crippen molar-refractivity contribution in [2.24, 2.45) is 0 Å². The largest absolute Gasteiger partial charge is 0.494 e. The van der Waals surface area contributed by atoms with Crippen LogP contribution in [0.3, 0.4) is 0 Å². The molecule has 2 aromatic rings. The molecule has 2 aromatic carbocycles. The topological polar surface area (TPSA) is 39.7 Å². The second-order valence-electron chi connectivity index (χ2n) is 5.99. The molecular formula is C20H25NO3. The zero-order valence-corrected chi connectivity index (χ0v) is 14.2. The molecule has 0 fully saturated rings. The minimum Gasteiger partial charge on any atom is -0.494 e. The predicted octanol–water partition coefficient (Wildman–Crippen LogP) is 3.37. The van der Waals surface area contributed by atoms with Crippen molar-refractivity contribution in [3.63, 3.8) is 0 Å². The van der Waals surface area contributed by atoms with Gasteiger partial charge in [-0.25, -0.2) is 0 Å². The van der Waals surface area contributed by atoms with Gasteiger partial charge in [0.2, 0.25) is 0 Å². The van der Waals surface area contributed by atoms with Crippen molar-refractivity contribution in [1.29, 1.82) is 0 Å². The average Bonchev–Trinajstić information content (AvgIpc) is 2.62. The molecule has 0 bridgehead atoms. The summed E-state index contributed by atoms with van der Waals surface area (Å²) in [6.07, 6.45) is 1.98. The van der Waals surface area contributed by atoms with Gasteiger partial charge in [0.05, 0.1) is 6.61 Å². The third-order valence-electron chi connectivity index (χ3n) is 3.98. The molecule has 0 amide bonds.